The lowest BCUT2D eigenvalue weighted by Crippen LogP contribution is -2.24. The molecule has 0 fully saturated rings. The molecule has 1 aromatic carbocycles. The molecule has 1 rings (SSSR count). The molecule has 4 nitrogen and oxygen atoms in total. The molecule has 0 saturated carbocycles. The van der Waals surface area contributed by atoms with Crippen LogP contribution in [0.2, 0.25) is 0 Å². The molecule has 0 saturated heterocycles. The van der Waals surface area contributed by atoms with E-state index in [0.717, 1.165) is 16.5 Å². The molecule has 0 aliphatic carbocycles. The van der Waals surface area contributed by atoms with E-state index in [1.54, 1.807) is 12.1 Å². The number of anilines is 1. The molecule has 0 amide bonds. The highest BCUT2D eigenvalue weighted by atomic mass is 127. The third-order valence-corrected chi connectivity index (χ3v) is 4.60. The summed E-state index contributed by atoms with van der Waals surface area (Å²) in [6.07, 6.45) is 1.53. The number of unbranched alkanes of at least 4 members (excludes halogenated alkanes) is 1. The fourth-order valence-electron chi connectivity index (χ4n) is 1.56. The van der Waals surface area contributed by atoms with Gasteiger partial charge < -0.3 is 5.32 Å². The maximum atomic E-state index is 11.8. The second-order valence-electron chi connectivity index (χ2n) is 4.74. The minimum atomic E-state index is -3.23. The van der Waals surface area contributed by atoms with Crippen molar-refractivity contribution in [2.24, 2.45) is 0 Å². The SMILES string of the molecule is CC(C)NCCCCS(=O)(=O)Nc1ccc(I)cc1. The predicted molar refractivity (Wildman–Crippen MR) is 88.9 cm³/mol. The average molecular weight is 396 g/mol. The summed E-state index contributed by atoms with van der Waals surface area (Å²) in [5, 5.41) is 3.27. The van der Waals surface area contributed by atoms with Crippen molar-refractivity contribution in [1.29, 1.82) is 0 Å². The second-order valence-corrected chi connectivity index (χ2v) is 7.83. The standard InChI is InChI=1S/C13H21IN2O2S/c1-11(2)15-9-3-4-10-19(17,18)16-13-7-5-12(14)6-8-13/h5-8,11,15-16H,3-4,9-10H2,1-2H3. The highest BCUT2D eigenvalue weighted by Gasteiger charge is 2.09. The Bertz CT molecular complexity index is 472. The molecule has 19 heavy (non-hydrogen) atoms. The van der Waals surface area contributed by atoms with Gasteiger partial charge in [0.1, 0.15) is 0 Å². The van der Waals surface area contributed by atoms with Gasteiger partial charge in [-0.15, -0.1) is 0 Å². The number of nitrogens with one attached hydrogen (secondary N) is 2. The van der Waals surface area contributed by atoms with Crippen LogP contribution < -0.4 is 10.0 Å². The molecule has 0 unspecified atom stereocenters. The Labute approximate surface area is 129 Å². The van der Waals surface area contributed by atoms with Crippen LogP contribution in [0.4, 0.5) is 5.69 Å². The molecular formula is C13H21IN2O2S. The largest absolute Gasteiger partial charge is 0.315 e. The zero-order valence-electron chi connectivity index (χ0n) is 11.3. The van der Waals surface area contributed by atoms with Gasteiger partial charge in [-0.3, -0.25) is 4.72 Å². The minimum absolute atomic E-state index is 0.165. The van der Waals surface area contributed by atoms with Gasteiger partial charge in [-0.1, -0.05) is 13.8 Å². The number of sulfonamides is 1. The van der Waals surface area contributed by atoms with Gasteiger partial charge in [-0.2, -0.15) is 0 Å². The van der Waals surface area contributed by atoms with Crippen LogP contribution in [0.25, 0.3) is 0 Å². The summed E-state index contributed by atoms with van der Waals surface area (Å²) >= 11 is 2.19. The van der Waals surface area contributed by atoms with E-state index in [0.29, 0.717) is 18.2 Å². The van der Waals surface area contributed by atoms with E-state index in [9.17, 15) is 8.42 Å². The molecule has 0 aliphatic rings. The minimum Gasteiger partial charge on any atom is -0.315 e. The van der Waals surface area contributed by atoms with Crippen LogP contribution in [0, 0.1) is 3.57 Å². The first-order valence-electron chi connectivity index (χ1n) is 6.38. The lowest BCUT2D eigenvalue weighted by Gasteiger charge is -2.09. The first kappa shape index (κ1) is 16.7. The van der Waals surface area contributed by atoms with Gasteiger partial charge >= 0.3 is 0 Å². The van der Waals surface area contributed by atoms with Crippen LogP contribution in [0.1, 0.15) is 26.7 Å². The monoisotopic (exact) mass is 396 g/mol. The molecule has 108 valence electrons. The molecule has 0 aromatic heterocycles. The predicted octanol–water partition coefficient (Wildman–Crippen LogP) is 2.81. The molecule has 0 spiro atoms. The zero-order chi connectivity index (χ0) is 14.3. The quantitative estimate of drug-likeness (QED) is 0.525. The van der Waals surface area contributed by atoms with Crippen LogP contribution in [-0.2, 0) is 10.0 Å². The van der Waals surface area contributed by atoms with E-state index < -0.39 is 10.0 Å². The molecule has 6 heteroatoms. The smallest absolute Gasteiger partial charge is 0.232 e. The van der Waals surface area contributed by atoms with Crippen molar-refractivity contribution < 1.29 is 8.42 Å². The average Bonchev–Trinajstić information content (AvgIpc) is 2.31. The topological polar surface area (TPSA) is 58.2 Å². The first-order chi connectivity index (χ1) is 8.89. The number of hydrogen-bond donors (Lipinski definition) is 2. The summed E-state index contributed by atoms with van der Waals surface area (Å²) in [5.74, 6) is 0.165. The fourth-order valence-corrected chi connectivity index (χ4v) is 3.10. The van der Waals surface area contributed by atoms with Crippen LogP contribution in [0.5, 0.6) is 0 Å². The molecule has 2 N–H and O–H groups in total. The van der Waals surface area contributed by atoms with Crippen LogP contribution in [0.3, 0.4) is 0 Å². The normalized spacial score (nSPS) is 11.8. The fraction of sp³-hybridized carbons (Fsp3) is 0.538. The van der Waals surface area contributed by atoms with Gasteiger partial charge in [0.05, 0.1) is 5.75 Å². The number of hydrogen-bond acceptors (Lipinski definition) is 3. The van der Waals surface area contributed by atoms with Crippen molar-refractivity contribution in [2.75, 3.05) is 17.0 Å². The van der Waals surface area contributed by atoms with Crippen molar-refractivity contribution >= 4 is 38.3 Å². The van der Waals surface area contributed by atoms with Gasteiger partial charge in [-0.05, 0) is 66.2 Å². The Morgan fingerprint density at radius 2 is 1.79 bits per heavy atom. The van der Waals surface area contributed by atoms with E-state index in [1.165, 1.54) is 0 Å². The summed E-state index contributed by atoms with van der Waals surface area (Å²) in [7, 11) is -3.23. The zero-order valence-corrected chi connectivity index (χ0v) is 14.3. The molecular weight excluding hydrogens is 375 g/mol. The van der Waals surface area contributed by atoms with Gasteiger partial charge in [0.25, 0.3) is 0 Å². The first-order valence-corrected chi connectivity index (χ1v) is 9.11. The lowest BCUT2D eigenvalue weighted by molar-refractivity contribution is 0.561. The van der Waals surface area contributed by atoms with E-state index in [2.05, 4.69) is 46.5 Å². The van der Waals surface area contributed by atoms with E-state index in [1.807, 2.05) is 12.1 Å². The maximum Gasteiger partial charge on any atom is 0.232 e. The molecule has 0 aliphatic heterocycles. The Balaban J connectivity index is 2.34. The third-order valence-electron chi connectivity index (χ3n) is 2.51. The van der Waals surface area contributed by atoms with Crippen molar-refractivity contribution in [3.63, 3.8) is 0 Å². The molecule has 0 radical (unpaired) electrons. The van der Waals surface area contributed by atoms with E-state index >= 15 is 0 Å². The lowest BCUT2D eigenvalue weighted by atomic mass is 10.3. The number of benzene rings is 1. The Morgan fingerprint density at radius 3 is 2.37 bits per heavy atom. The third kappa shape index (κ3) is 7.74. The van der Waals surface area contributed by atoms with E-state index in [-0.39, 0.29) is 5.75 Å². The Kier molecular flexibility index (Phi) is 7.09. The van der Waals surface area contributed by atoms with Gasteiger partial charge in [0.2, 0.25) is 10.0 Å². The second kappa shape index (κ2) is 8.06. The molecule has 0 atom stereocenters. The molecule has 0 bridgehead atoms. The molecule has 1 aromatic rings. The Hall–Kier alpha value is -0.340. The summed E-state index contributed by atoms with van der Waals surface area (Å²) in [5.41, 5.74) is 0.626. The van der Waals surface area contributed by atoms with Gasteiger partial charge in [0, 0.05) is 15.3 Å². The van der Waals surface area contributed by atoms with Gasteiger partial charge in [-0.25, -0.2) is 8.42 Å². The number of rotatable bonds is 8. The van der Waals surface area contributed by atoms with Crippen molar-refractivity contribution in [2.45, 2.75) is 32.7 Å². The highest BCUT2D eigenvalue weighted by molar-refractivity contribution is 14.1. The van der Waals surface area contributed by atoms with Crippen molar-refractivity contribution in [1.82, 2.24) is 5.32 Å². The summed E-state index contributed by atoms with van der Waals surface area (Å²) in [4.78, 5) is 0. The van der Waals surface area contributed by atoms with Crippen molar-refractivity contribution in [3.05, 3.63) is 27.8 Å². The van der Waals surface area contributed by atoms with Crippen molar-refractivity contribution in [3.8, 4) is 0 Å². The van der Waals surface area contributed by atoms with Crippen LogP contribution >= 0.6 is 22.6 Å². The summed E-state index contributed by atoms with van der Waals surface area (Å²) in [6.45, 7) is 5.01. The van der Waals surface area contributed by atoms with E-state index in [4.69, 9.17) is 0 Å². The van der Waals surface area contributed by atoms with Gasteiger partial charge in [0.15, 0.2) is 0 Å². The highest BCUT2D eigenvalue weighted by Crippen LogP contribution is 2.13. The maximum absolute atomic E-state index is 11.8. The summed E-state index contributed by atoms with van der Waals surface area (Å²) < 4.78 is 27.4. The number of halogens is 1. The van der Waals surface area contributed by atoms with Crippen LogP contribution in [0.15, 0.2) is 24.3 Å². The van der Waals surface area contributed by atoms with Crippen LogP contribution in [-0.4, -0.2) is 26.8 Å². The summed E-state index contributed by atoms with van der Waals surface area (Å²) in [6, 6.07) is 7.76. The molecule has 0 heterocycles. The Morgan fingerprint density at radius 1 is 1.16 bits per heavy atom.